The molecule has 0 saturated heterocycles. The second-order valence-electron chi connectivity index (χ2n) is 6.37. The number of nitrogens with one attached hydrogen (secondary N) is 1. The van der Waals surface area contributed by atoms with E-state index in [-0.39, 0.29) is 11.7 Å². The molecule has 0 saturated carbocycles. The smallest absolute Gasteiger partial charge is 0.234 e. The van der Waals surface area contributed by atoms with E-state index in [9.17, 15) is 4.79 Å². The summed E-state index contributed by atoms with van der Waals surface area (Å²) in [6.07, 6.45) is 3.61. The number of imidazole rings is 1. The van der Waals surface area contributed by atoms with E-state index in [1.54, 1.807) is 18.3 Å². The van der Waals surface area contributed by atoms with Gasteiger partial charge < -0.3 is 14.8 Å². The average molecular weight is 432 g/mol. The van der Waals surface area contributed by atoms with Crippen LogP contribution >= 0.6 is 23.4 Å². The van der Waals surface area contributed by atoms with Gasteiger partial charge in [-0.05, 0) is 37.1 Å². The Morgan fingerprint density at radius 2 is 1.90 bits per heavy atom. The number of amides is 1. The van der Waals surface area contributed by atoms with Crippen molar-refractivity contribution in [2.45, 2.75) is 19.0 Å². The Bertz CT molecular complexity index is 1040. The molecule has 3 rings (SSSR count). The molecular formula is C21H22ClN3O3S. The van der Waals surface area contributed by atoms with Gasteiger partial charge in [0.2, 0.25) is 5.91 Å². The Hall–Kier alpha value is -2.64. The van der Waals surface area contributed by atoms with E-state index in [0.29, 0.717) is 22.2 Å². The SMILES string of the molecule is COc1cc(NC(=O)CSc2nccn2-c2ccc(C)c(C)c2)c(OC)cc1Cl. The van der Waals surface area contributed by atoms with Crippen LogP contribution < -0.4 is 14.8 Å². The van der Waals surface area contributed by atoms with Gasteiger partial charge in [-0.2, -0.15) is 0 Å². The van der Waals surface area contributed by atoms with Crippen molar-refractivity contribution in [3.63, 3.8) is 0 Å². The van der Waals surface area contributed by atoms with Gasteiger partial charge in [0.05, 0.1) is 30.7 Å². The van der Waals surface area contributed by atoms with E-state index in [1.165, 1.54) is 37.1 Å². The summed E-state index contributed by atoms with van der Waals surface area (Å²) in [5.41, 5.74) is 3.94. The molecule has 1 aromatic heterocycles. The number of carbonyl (C=O) groups is 1. The summed E-state index contributed by atoms with van der Waals surface area (Å²) >= 11 is 7.46. The standard InChI is InChI=1S/C21H22ClN3O3S/c1-13-5-6-15(9-14(13)2)25-8-7-23-21(25)29-12-20(26)24-17-11-18(27-3)16(22)10-19(17)28-4/h5-11H,12H2,1-4H3,(H,24,26). The van der Waals surface area contributed by atoms with E-state index in [4.69, 9.17) is 21.1 Å². The summed E-state index contributed by atoms with van der Waals surface area (Å²) < 4.78 is 12.5. The third-order valence-corrected chi connectivity index (χ3v) is 5.72. The fourth-order valence-corrected chi connectivity index (χ4v) is 3.75. The topological polar surface area (TPSA) is 65.4 Å². The minimum Gasteiger partial charge on any atom is -0.495 e. The summed E-state index contributed by atoms with van der Waals surface area (Å²) in [6, 6.07) is 9.46. The van der Waals surface area contributed by atoms with Crippen LogP contribution in [0.5, 0.6) is 11.5 Å². The monoisotopic (exact) mass is 431 g/mol. The number of thioether (sulfide) groups is 1. The number of nitrogens with zero attached hydrogens (tertiary/aromatic N) is 2. The first-order valence-electron chi connectivity index (χ1n) is 8.88. The second kappa shape index (κ2) is 9.24. The molecule has 152 valence electrons. The first-order valence-corrected chi connectivity index (χ1v) is 10.2. The van der Waals surface area contributed by atoms with Gasteiger partial charge in [0, 0.05) is 30.2 Å². The molecule has 0 radical (unpaired) electrons. The first kappa shape index (κ1) is 21.1. The van der Waals surface area contributed by atoms with E-state index >= 15 is 0 Å². The van der Waals surface area contributed by atoms with Crippen LogP contribution in [-0.2, 0) is 4.79 Å². The molecule has 0 spiro atoms. The lowest BCUT2D eigenvalue weighted by Gasteiger charge is -2.13. The minimum absolute atomic E-state index is 0.188. The number of rotatable bonds is 7. The summed E-state index contributed by atoms with van der Waals surface area (Å²) in [4.78, 5) is 16.9. The molecule has 1 heterocycles. The van der Waals surface area contributed by atoms with Crippen LogP contribution in [0.25, 0.3) is 5.69 Å². The molecule has 0 aliphatic carbocycles. The second-order valence-corrected chi connectivity index (χ2v) is 7.72. The fourth-order valence-electron chi connectivity index (χ4n) is 2.74. The van der Waals surface area contributed by atoms with Crippen molar-refractivity contribution in [1.29, 1.82) is 0 Å². The molecule has 0 aliphatic heterocycles. The maximum atomic E-state index is 12.5. The molecule has 0 unspecified atom stereocenters. The molecule has 0 fully saturated rings. The fraction of sp³-hybridized carbons (Fsp3) is 0.238. The van der Waals surface area contributed by atoms with Gasteiger partial charge in [0.15, 0.2) is 5.16 Å². The van der Waals surface area contributed by atoms with Gasteiger partial charge in [-0.1, -0.05) is 29.4 Å². The van der Waals surface area contributed by atoms with Gasteiger partial charge >= 0.3 is 0 Å². The average Bonchev–Trinajstić information content (AvgIpc) is 3.18. The zero-order valence-corrected chi connectivity index (χ0v) is 18.2. The number of anilines is 1. The zero-order chi connectivity index (χ0) is 21.0. The number of hydrogen-bond donors (Lipinski definition) is 1. The van der Waals surface area contributed by atoms with Gasteiger partial charge in [-0.25, -0.2) is 4.98 Å². The van der Waals surface area contributed by atoms with Crippen molar-refractivity contribution < 1.29 is 14.3 Å². The van der Waals surface area contributed by atoms with Crippen molar-refractivity contribution in [2.75, 3.05) is 25.3 Å². The van der Waals surface area contributed by atoms with Gasteiger partial charge in [-0.15, -0.1) is 0 Å². The molecule has 3 aromatic rings. The van der Waals surface area contributed by atoms with Crippen molar-refractivity contribution in [3.8, 4) is 17.2 Å². The van der Waals surface area contributed by atoms with Crippen LogP contribution in [0.2, 0.25) is 5.02 Å². The lowest BCUT2D eigenvalue weighted by atomic mass is 10.1. The van der Waals surface area contributed by atoms with Crippen LogP contribution in [0.4, 0.5) is 5.69 Å². The highest BCUT2D eigenvalue weighted by Crippen LogP contribution is 2.36. The number of aromatic nitrogens is 2. The number of methoxy groups -OCH3 is 2. The lowest BCUT2D eigenvalue weighted by molar-refractivity contribution is -0.113. The summed E-state index contributed by atoms with van der Waals surface area (Å²) in [7, 11) is 3.03. The molecule has 1 amide bonds. The van der Waals surface area contributed by atoms with Gasteiger partial charge in [0.1, 0.15) is 11.5 Å². The Labute approximate surface area is 179 Å². The van der Waals surface area contributed by atoms with Gasteiger partial charge in [0.25, 0.3) is 0 Å². The van der Waals surface area contributed by atoms with Crippen molar-refractivity contribution in [3.05, 3.63) is 58.9 Å². The summed E-state index contributed by atoms with van der Waals surface area (Å²) in [5.74, 6) is 0.925. The van der Waals surface area contributed by atoms with Crippen LogP contribution in [0, 0.1) is 13.8 Å². The largest absolute Gasteiger partial charge is 0.495 e. The van der Waals surface area contributed by atoms with Crippen LogP contribution in [0.1, 0.15) is 11.1 Å². The van der Waals surface area contributed by atoms with E-state index < -0.39 is 0 Å². The molecule has 8 heteroatoms. The van der Waals surface area contributed by atoms with Crippen LogP contribution in [0.3, 0.4) is 0 Å². The van der Waals surface area contributed by atoms with Crippen molar-refractivity contribution in [2.24, 2.45) is 0 Å². The van der Waals surface area contributed by atoms with E-state index in [0.717, 1.165) is 10.8 Å². The molecule has 0 atom stereocenters. The van der Waals surface area contributed by atoms with Crippen LogP contribution in [-0.4, -0.2) is 35.4 Å². The molecule has 2 aromatic carbocycles. The predicted molar refractivity (Wildman–Crippen MR) is 117 cm³/mol. The molecular weight excluding hydrogens is 410 g/mol. The Kier molecular flexibility index (Phi) is 6.71. The maximum absolute atomic E-state index is 12.5. The molecule has 1 N–H and O–H groups in total. The number of ether oxygens (including phenoxy) is 2. The molecule has 6 nitrogen and oxygen atoms in total. The highest BCUT2D eigenvalue weighted by molar-refractivity contribution is 7.99. The Morgan fingerprint density at radius 1 is 1.14 bits per heavy atom. The summed E-state index contributed by atoms with van der Waals surface area (Å²) in [6.45, 7) is 4.15. The maximum Gasteiger partial charge on any atom is 0.234 e. The third-order valence-electron chi connectivity index (χ3n) is 4.46. The third kappa shape index (κ3) is 4.86. The Morgan fingerprint density at radius 3 is 2.59 bits per heavy atom. The predicted octanol–water partition coefficient (Wildman–Crippen LogP) is 4.89. The van der Waals surface area contributed by atoms with Gasteiger partial charge in [-0.3, -0.25) is 9.36 Å². The highest BCUT2D eigenvalue weighted by atomic mass is 35.5. The van der Waals surface area contributed by atoms with Crippen molar-refractivity contribution in [1.82, 2.24) is 9.55 Å². The summed E-state index contributed by atoms with van der Waals surface area (Å²) in [5, 5.41) is 3.99. The highest BCUT2D eigenvalue weighted by Gasteiger charge is 2.14. The normalized spacial score (nSPS) is 10.7. The lowest BCUT2D eigenvalue weighted by Crippen LogP contribution is -2.15. The quantitative estimate of drug-likeness (QED) is 0.539. The number of benzene rings is 2. The molecule has 0 aliphatic rings. The number of aryl methyl sites for hydroxylation is 2. The molecule has 29 heavy (non-hydrogen) atoms. The molecule has 0 bridgehead atoms. The first-order chi connectivity index (χ1) is 13.9. The van der Waals surface area contributed by atoms with Crippen LogP contribution in [0.15, 0.2) is 47.9 Å². The van der Waals surface area contributed by atoms with Crippen molar-refractivity contribution >= 4 is 35.0 Å². The number of halogens is 1. The number of hydrogen-bond acceptors (Lipinski definition) is 5. The Balaban J connectivity index is 1.71. The zero-order valence-electron chi connectivity index (χ0n) is 16.7. The minimum atomic E-state index is -0.188. The van der Waals surface area contributed by atoms with E-state index in [1.807, 2.05) is 16.8 Å². The van der Waals surface area contributed by atoms with E-state index in [2.05, 4.69) is 36.3 Å². The number of carbonyl (C=O) groups excluding carboxylic acids is 1.